The number of halogens is 2. The average Bonchev–Trinajstić information content (AvgIpc) is 1.59. The first-order valence-corrected chi connectivity index (χ1v) is 42.6. The van der Waals surface area contributed by atoms with Crippen LogP contribution in [0.25, 0.3) is 44.3 Å². The Morgan fingerprint density at radius 3 is 1.28 bits per heavy atom. The van der Waals surface area contributed by atoms with Crippen LogP contribution in [-0.4, -0.2) is 173 Å². The molecule has 598 valence electrons. The number of amides is 4. The molecule has 8 aromatic rings. The van der Waals surface area contributed by atoms with Crippen LogP contribution in [0.1, 0.15) is 145 Å². The Balaban J connectivity index is 0.000000198. The molecular weight excluding hydrogens is 1490 g/mol. The van der Waals surface area contributed by atoms with Gasteiger partial charge in [-0.15, -0.1) is 13.2 Å². The van der Waals surface area contributed by atoms with Gasteiger partial charge in [0, 0.05) is 159 Å². The minimum absolute atomic E-state index is 0.0476. The zero-order chi connectivity index (χ0) is 79.8. The second-order valence-corrected chi connectivity index (χ2v) is 33.9. The van der Waals surface area contributed by atoms with Crippen LogP contribution in [0.3, 0.4) is 0 Å². The Bertz CT molecular complexity index is 5210. The van der Waals surface area contributed by atoms with E-state index in [0.29, 0.717) is 118 Å². The predicted molar refractivity (Wildman–Crippen MR) is 433 cm³/mol. The number of carbonyl (C=O) groups excluding carboxylic acids is 5. The molecule has 4 amide bonds. The van der Waals surface area contributed by atoms with E-state index in [-0.39, 0.29) is 91.7 Å². The number of piperazine rings is 2. The van der Waals surface area contributed by atoms with E-state index in [9.17, 15) is 50.7 Å². The SMILES string of the molecule is C=CCNC(=O)Cn1c(-c2ccc(OCc3cc(N4CCCC4=O)ccc3N3CCN(S(C)(=O)=O)CC3)cc2F)c(C2CCCCC2)c2ccc(C(=O)O)cc21.C=CCNC(=O)Cn1c(-c2ccc(OCc3cc(N4CCCC4=O)ccc3N3CCN(S(C)(=O)=O)CC3)cc2F)c(C2CCCCC2)c2ccc(C(=O)OC)cc21. The zero-order valence-electron chi connectivity index (χ0n) is 64.2. The number of methoxy groups -OCH3 is 1. The summed E-state index contributed by atoms with van der Waals surface area (Å²) in [7, 11) is -5.32. The molecule has 6 heterocycles. The predicted octanol–water partition coefficient (Wildman–Crippen LogP) is 12.7. The van der Waals surface area contributed by atoms with Crippen LogP contribution in [0.4, 0.5) is 31.5 Å². The first kappa shape index (κ1) is 80.6. The van der Waals surface area contributed by atoms with Crippen molar-refractivity contribution in [3.05, 3.63) is 180 Å². The van der Waals surface area contributed by atoms with Gasteiger partial charge in [-0.2, -0.15) is 8.61 Å². The summed E-state index contributed by atoms with van der Waals surface area (Å²) in [5.41, 5.74) is 9.98. The van der Waals surface area contributed by atoms with Crippen molar-refractivity contribution in [2.75, 3.05) is 118 Å². The van der Waals surface area contributed by atoms with E-state index in [0.717, 1.165) is 133 Å². The van der Waals surface area contributed by atoms with Gasteiger partial charge in [0.05, 0.1) is 53.2 Å². The Hall–Kier alpha value is -10.4. The number of esters is 1. The molecule has 24 nitrogen and oxygen atoms in total. The van der Waals surface area contributed by atoms with Crippen LogP contribution in [-0.2, 0) is 70.3 Å². The number of nitrogens with one attached hydrogen (secondary N) is 2. The Morgan fingerprint density at radius 2 is 0.920 bits per heavy atom. The van der Waals surface area contributed by atoms with Crippen LogP contribution in [0, 0.1) is 11.6 Å². The molecule has 6 aliphatic rings. The number of aromatic nitrogens is 2. The first-order valence-electron chi connectivity index (χ1n) is 38.9. The summed E-state index contributed by atoms with van der Waals surface area (Å²) in [6.07, 6.45) is 18.1. The number of benzene rings is 6. The molecule has 2 saturated carbocycles. The van der Waals surface area contributed by atoms with Crippen molar-refractivity contribution >= 4 is 100 Å². The molecule has 4 aliphatic heterocycles. The minimum Gasteiger partial charge on any atom is -0.489 e. The number of anilines is 4. The lowest BCUT2D eigenvalue weighted by molar-refractivity contribution is -0.122. The smallest absolute Gasteiger partial charge is 0.337 e. The number of hydrogen-bond acceptors (Lipinski definition) is 15. The van der Waals surface area contributed by atoms with Crippen LogP contribution in [0.5, 0.6) is 11.5 Å². The largest absolute Gasteiger partial charge is 0.489 e. The lowest BCUT2D eigenvalue weighted by atomic mass is 9.81. The molecule has 0 radical (unpaired) electrons. The van der Waals surface area contributed by atoms with Gasteiger partial charge in [-0.05, 0) is 146 Å². The van der Waals surface area contributed by atoms with Gasteiger partial charge in [0.1, 0.15) is 49.4 Å². The Morgan fingerprint density at radius 1 is 0.513 bits per heavy atom. The molecule has 3 N–H and O–H groups in total. The van der Waals surface area contributed by atoms with Crippen LogP contribution in [0.2, 0.25) is 0 Å². The van der Waals surface area contributed by atoms with Crippen molar-refractivity contribution in [2.45, 2.75) is 128 Å². The van der Waals surface area contributed by atoms with E-state index in [1.54, 1.807) is 81.1 Å². The molecule has 6 aromatic carbocycles. The molecule has 0 spiro atoms. The maximum absolute atomic E-state index is 16.7. The summed E-state index contributed by atoms with van der Waals surface area (Å²) in [4.78, 5) is 84.3. The highest BCUT2D eigenvalue weighted by Gasteiger charge is 2.35. The first-order chi connectivity index (χ1) is 54.4. The number of ether oxygens (including phenoxy) is 3. The molecule has 2 aliphatic carbocycles. The van der Waals surface area contributed by atoms with Crippen LogP contribution in [0.15, 0.2) is 135 Å². The third-order valence-electron chi connectivity index (χ3n) is 22.6. The molecule has 4 saturated heterocycles. The van der Waals surface area contributed by atoms with E-state index in [1.165, 1.54) is 40.4 Å². The van der Waals surface area contributed by atoms with Crippen LogP contribution < -0.4 is 39.7 Å². The fourth-order valence-electron chi connectivity index (χ4n) is 17.0. The number of aromatic carboxylic acids is 1. The zero-order valence-corrected chi connectivity index (χ0v) is 65.9. The van der Waals surface area contributed by atoms with Gasteiger partial charge < -0.3 is 58.7 Å². The monoisotopic (exact) mass is 1580 g/mol. The van der Waals surface area contributed by atoms with Crippen molar-refractivity contribution in [1.82, 2.24) is 28.4 Å². The number of fused-ring (bicyclic) bond motifs is 2. The third-order valence-corrected chi connectivity index (χ3v) is 25.2. The number of carboxylic acid groups (broad SMARTS) is 1. The topological polar surface area (TPSA) is 272 Å². The number of hydrogen-bond donors (Lipinski definition) is 3. The number of carboxylic acids is 1. The summed E-state index contributed by atoms with van der Waals surface area (Å²) in [6, 6.07) is 31.2. The van der Waals surface area contributed by atoms with Gasteiger partial charge in [-0.3, -0.25) is 19.2 Å². The standard InChI is InChI=1S/C43H50FN5O7S.C42H48FN5O7S/c1-4-18-45-39(50)27-49-38-25-30(43(52)55-2)12-15-35(38)41(29-9-6-5-7-10-29)42(49)34-16-14-33(26-36(34)44)56-28-31-24-32(48-19-8-11-40(48)51)13-17-37(31)46-20-22-47(23-21-46)57(3,53)54;1-3-17-44-38(49)26-48-37-24-29(42(51)52)11-14-34(37)40(28-8-5-4-6-9-28)41(48)33-15-13-32(25-35(33)43)55-27-30-23-31(47-18-7-10-39(47)50)12-16-36(30)45-19-21-46(22-20-45)56(2,53)54/h4,12-17,24-26,29H,1,5-11,18-23,27-28H2,2-3H3,(H,45,50);3,11-16,23-25,28H,1,4-10,17-22,26-27H2,2H3,(H,44,49)(H,51,52). The van der Waals surface area contributed by atoms with Crippen molar-refractivity contribution in [3.8, 4) is 34.0 Å². The number of sulfonamides is 2. The molecule has 0 atom stereocenters. The summed E-state index contributed by atoms with van der Waals surface area (Å²) in [6.45, 7) is 12.3. The molecule has 2 aromatic heterocycles. The van der Waals surface area contributed by atoms with E-state index in [2.05, 4.69) is 33.6 Å². The molecule has 113 heavy (non-hydrogen) atoms. The molecule has 28 heteroatoms. The molecule has 14 rings (SSSR count). The highest BCUT2D eigenvalue weighted by Crippen LogP contribution is 2.48. The normalized spacial score (nSPS) is 17.0. The fourth-order valence-corrected chi connectivity index (χ4v) is 18.6. The number of nitrogens with zero attached hydrogens (tertiary/aromatic N) is 8. The molecule has 6 fully saturated rings. The van der Waals surface area contributed by atoms with Gasteiger partial charge in [-0.1, -0.05) is 62.8 Å². The molecular formula is C85H98F2N10O14S2. The quantitative estimate of drug-likeness (QED) is 0.0336. The Kier molecular flexibility index (Phi) is 25.2. The van der Waals surface area contributed by atoms with E-state index < -0.39 is 43.6 Å². The minimum atomic E-state index is -3.32. The van der Waals surface area contributed by atoms with Crippen LogP contribution >= 0.6 is 0 Å². The molecule has 0 bridgehead atoms. The van der Waals surface area contributed by atoms with Gasteiger partial charge in [0.25, 0.3) is 0 Å². The maximum Gasteiger partial charge on any atom is 0.337 e. The van der Waals surface area contributed by atoms with Crippen molar-refractivity contribution in [1.29, 1.82) is 0 Å². The lowest BCUT2D eigenvalue weighted by Gasteiger charge is -2.36. The van der Waals surface area contributed by atoms with E-state index in [1.807, 2.05) is 47.0 Å². The van der Waals surface area contributed by atoms with Gasteiger partial charge in [0.2, 0.25) is 43.7 Å². The second kappa shape index (κ2) is 35.3. The highest BCUT2D eigenvalue weighted by molar-refractivity contribution is 7.88. The summed E-state index contributed by atoms with van der Waals surface area (Å²) < 4.78 is 106. The summed E-state index contributed by atoms with van der Waals surface area (Å²) in [5, 5.41) is 17.2. The number of rotatable bonds is 26. The third kappa shape index (κ3) is 18.1. The maximum atomic E-state index is 16.7. The highest BCUT2D eigenvalue weighted by atomic mass is 32.2. The summed E-state index contributed by atoms with van der Waals surface area (Å²) in [5.74, 6) is -2.38. The lowest BCUT2D eigenvalue weighted by Crippen LogP contribution is -2.48. The molecule has 0 unspecified atom stereocenters. The second-order valence-electron chi connectivity index (χ2n) is 29.9. The van der Waals surface area contributed by atoms with Crippen molar-refractivity contribution in [3.63, 3.8) is 0 Å². The van der Waals surface area contributed by atoms with Gasteiger partial charge in [0.15, 0.2) is 0 Å². The Labute approximate surface area is 658 Å². The average molecular weight is 1590 g/mol. The van der Waals surface area contributed by atoms with E-state index >= 15 is 8.78 Å². The van der Waals surface area contributed by atoms with E-state index in [4.69, 9.17) is 14.2 Å². The summed E-state index contributed by atoms with van der Waals surface area (Å²) >= 11 is 0. The number of carbonyl (C=O) groups is 6. The van der Waals surface area contributed by atoms with Crippen molar-refractivity contribution in [2.24, 2.45) is 0 Å². The fraction of sp³-hybridized carbons (Fsp3) is 0.412. The van der Waals surface area contributed by atoms with Gasteiger partial charge >= 0.3 is 11.9 Å². The van der Waals surface area contributed by atoms with Crippen molar-refractivity contribution < 1.29 is 73.7 Å². The van der Waals surface area contributed by atoms with Gasteiger partial charge in [-0.25, -0.2) is 35.2 Å².